The van der Waals surface area contributed by atoms with Crippen LogP contribution in [0.5, 0.6) is 0 Å². The maximum absolute atomic E-state index is 10.3. The molecule has 0 heterocycles. The fraction of sp³-hybridized carbons (Fsp3) is 0. The van der Waals surface area contributed by atoms with E-state index in [1.54, 1.807) is 0 Å². The molecule has 0 aliphatic heterocycles. The topological polar surface area (TPSA) is 0 Å². The van der Waals surface area contributed by atoms with Gasteiger partial charge in [0, 0.05) is 0 Å². The number of hydrogen-bond acceptors (Lipinski definition) is 0. The molecule has 0 N–H and O–H groups in total. The van der Waals surface area contributed by atoms with Crippen molar-refractivity contribution in [2.75, 3.05) is 0 Å². The molecule has 10 aromatic carbocycles. The zero-order valence-corrected chi connectivity index (χ0v) is 26.0. The van der Waals surface area contributed by atoms with Crippen molar-refractivity contribution in [2.24, 2.45) is 0 Å². The van der Waals surface area contributed by atoms with Gasteiger partial charge in [-0.05, 0) is 123 Å². The molecule has 10 aromatic rings. The van der Waals surface area contributed by atoms with E-state index in [2.05, 4.69) is 0 Å². The van der Waals surface area contributed by atoms with E-state index in [-0.39, 0.29) is 0 Å². The molecule has 0 radical (unpaired) electrons. The molecule has 0 heteroatoms. The number of fused-ring (bicyclic) bond motifs is 4. The van der Waals surface area contributed by atoms with E-state index in [1.165, 1.54) is 0 Å². The Morgan fingerprint density at radius 1 is 0.212 bits per heavy atom. The van der Waals surface area contributed by atoms with Gasteiger partial charge in [0.25, 0.3) is 0 Å². The fourth-order valence-corrected chi connectivity index (χ4v) is 5.69. The number of rotatable bonds is 5. The van der Waals surface area contributed by atoms with E-state index >= 15 is 0 Å². The number of benzene rings is 10. The quantitative estimate of drug-likeness (QED) is 0.158. The van der Waals surface area contributed by atoms with Crippen molar-refractivity contribution < 1.29 is 46.6 Å². The lowest BCUT2D eigenvalue weighted by molar-refractivity contribution is 1.58. The van der Waals surface area contributed by atoms with Crippen molar-refractivity contribution in [3.63, 3.8) is 0 Å². The normalized spacial score (nSPS) is 20.6. The molecule has 0 saturated heterocycles. The molecular formula is C52H34. The van der Waals surface area contributed by atoms with E-state index in [0.29, 0.717) is 0 Å². The van der Waals surface area contributed by atoms with Crippen molar-refractivity contribution in [3.8, 4) is 55.6 Å². The highest BCUT2D eigenvalue weighted by atomic mass is 14.2. The van der Waals surface area contributed by atoms with Gasteiger partial charge in [-0.15, -0.1) is 0 Å². The van der Waals surface area contributed by atoms with Gasteiger partial charge in [0.15, 0.2) is 0 Å². The lowest BCUT2D eigenvalue weighted by Crippen LogP contribution is -1.92. The second kappa shape index (κ2) is 12.5. The van der Waals surface area contributed by atoms with Crippen LogP contribution in [0.3, 0.4) is 0 Å². The molecule has 0 saturated carbocycles. The lowest BCUT2D eigenvalue weighted by Gasteiger charge is -2.19. The molecule has 242 valence electrons. The maximum atomic E-state index is 10.3. The standard InChI is InChI=1S/C52H34/c1-2-11-35(12-3-1)38-21-23-39(24-22-38)42-17-10-18-45(32-42)52-48-20-9-8-19-47(48)51(46-28-26-37-14-5-7-16-41(37)33-46)49-30-29-44(34-50(49)52)43-27-25-36-13-4-6-15-40(36)31-43/h1-34H/i1D,2D,3D,4D,5D,6D,7D,8D,9D,10D,11D,12D,13D,14D,15D,16D,17D,18D,19D,20D,21D,22D,23D,24D,25D,26D,27D,28D,29D,30D,31D,32D,33D,34D. The summed E-state index contributed by atoms with van der Waals surface area (Å²) in [5, 5.41) is -6.57. The van der Waals surface area contributed by atoms with E-state index in [9.17, 15) is 21.9 Å². The molecule has 0 bridgehead atoms. The summed E-state index contributed by atoms with van der Waals surface area (Å²) in [6, 6.07) is -35.8. The fourth-order valence-electron chi connectivity index (χ4n) is 5.69. The Hall–Kier alpha value is -6.76. The first-order chi connectivity index (χ1) is 40.0. The van der Waals surface area contributed by atoms with E-state index < -0.39 is 304 Å². The molecule has 0 unspecified atom stereocenters. The molecule has 0 spiro atoms. The first-order valence-corrected chi connectivity index (χ1v) is 15.2. The summed E-state index contributed by atoms with van der Waals surface area (Å²) in [5.41, 5.74) is -9.53. The SMILES string of the molecule is [2H]c1c([2H])c([2H])c(-c2c([2H])c([2H])c(-c3c([2H])c([2H])c([2H])c(-c4c5c([2H])c([2H])c([2H])c([2H])c5c(-c5c([2H])c([2H])c6c([2H])c([2H])c([2H])c([2H])c6c5[2H])c5c([2H])c([2H])c(-c6c([2H])c([2H])c7c([2H])c([2H])c([2H])c([2H])c7c6[2H])c([2H])c45)c3[2H])c([2H])c2[2H])c([2H])c1[2H]. The molecule has 0 aliphatic rings. The lowest BCUT2D eigenvalue weighted by atomic mass is 9.84. The maximum Gasteiger partial charge on any atom is 0.0636 e. The summed E-state index contributed by atoms with van der Waals surface area (Å²) in [6.07, 6.45) is 0. The summed E-state index contributed by atoms with van der Waals surface area (Å²) in [7, 11) is 0. The van der Waals surface area contributed by atoms with Crippen LogP contribution in [-0.2, 0) is 0 Å². The minimum atomic E-state index is -1.26. The smallest absolute Gasteiger partial charge is 0.0622 e. The van der Waals surface area contributed by atoms with Crippen molar-refractivity contribution in [2.45, 2.75) is 0 Å². The summed E-state index contributed by atoms with van der Waals surface area (Å²) < 4.78 is 309. The molecule has 0 fully saturated rings. The molecule has 0 amide bonds. The zero-order chi connectivity index (χ0) is 64.0. The van der Waals surface area contributed by atoms with Crippen molar-refractivity contribution in [3.05, 3.63) is 205 Å². The summed E-state index contributed by atoms with van der Waals surface area (Å²) in [5.74, 6) is 0. The second-order valence-electron chi connectivity index (χ2n) is 11.0. The molecule has 0 nitrogen and oxygen atoms in total. The minimum absolute atomic E-state index is 0.657. The average molecular weight is 693 g/mol. The number of hydrogen-bond donors (Lipinski definition) is 0. The van der Waals surface area contributed by atoms with Crippen LogP contribution in [0.15, 0.2) is 205 Å². The highest BCUT2D eigenvalue weighted by Crippen LogP contribution is 2.46. The predicted molar refractivity (Wildman–Crippen MR) is 224 cm³/mol. The van der Waals surface area contributed by atoms with Crippen LogP contribution in [-0.4, -0.2) is 0 Å². The van der Waals surface area contributed by atoms with Crippen LogP contribution in [0.25, 0.3) is 98.7 Å². The summed E-state index contributed by atoms with van der Waals surface area (Å²) >= 11 is 0. The summed E-state index contributed by atoms with van der Waals surface area (Å²) in [4.78, 5) is 0. The Labute approximate surface area is 351 Å². The summed E-state index contributed by atoms with van der Waals surface area (Å²) in [6.45, 7) is 0. The molecule has 0 atom stereocenters. The van der Waals surface area contributed by atoms with Gasteiger partial charge in [-0.1, -0.05) is 181 Å². The second-order valence-corrected chi connectivity index (χ2v) is 11.0. The van der Waals surface area contributed by atoms with Crippen LogP contribution >= 0.6 is 0 Å². The Morgan fingerprint density at radius 2 is 0.596 bits per heavy atom. The zero-order valence-electron chi connectivity index (χ0n) is 60.0. The van der Waals surface area contributed by atoms with Crippen molar-refractivity contribution >= 4 is 43.1 Å². The first kappa shape index (κ1) is 11.4. The monoisotopic (exact) mass is 692 g/mol. The van der Waals surface area contributed by atoms with Crippen LogP contribution in [0.1, 0.15) is 46.6 Å². The van der Waals surface area contributed by atoms with E-state index in [0.717, 1.165) is 0 Å². The van der Waals surface area contributed by atoms with Gasteiger partial charge < -0.3 is 0 Å². The van der Waals surface area contributed by atoms with E-state index in [4.69, 9.17) is 24.7 Å². The molecular weight excluding hydrogens is 625 g/mol. The third kappa shape index (κ3) is 5.25. The Morgan fingerprint density at radius 3 is 1.29 bits per heavy atom. The van der Waals surface area contributed by atoms with Crippen LogP contribution in [0.2, 0.25) is 0 Å². The molecule has 0 aliphatic carbocycles. The van der Waals surface area contributed by atoms with Gasteiger partial charge in [0.2, 0.25) is 0 Å². The Kier molecular flexibility index (Phi) is 2.74. The third-order valence-corrected chi connectivity index (χ3v) is 8.00. The minimum Gasteiger partial charge on any atom is -0.0622 e. The average Bonchev–Trinajstić information content (AvgIpc) is 0.707. The van der Waals surface area contributed by atoms with Crippen LogP contribution < -0.4 is 0 Å². The van der Waals surface area contributed by atoms with Gasteiger partial charge in [0.05, 0.1) is 46.6 Å². The van der Waals surface area contributed by atoms with Crippen molar-refractivity contribution in [1.29, 1.82) is 0 Å². The Bertz CT molecular complexity index is 4850. The molecule has 52 heavy (non-hydrogen) atoms. The van der Waals surface area contributed by atoms with Gasteiger partial charge in [0.1, 0.15) is 0 Å². The van der Waals surface area contributed by atoms with Crippen LogP contribution in [0.4, 0.5) is 0 Å². The van der Waals surface area contributed by atoms with E-state index in [1.807, 2.05) is 0 Å². The predicted octanol–water partition coefficient (Wildman–Crippen LogP) is 14.6. The largest absolute Gasteiger partial charge is 0.0636 e. The first-order valence-electron chi connectivity index (χ1n) is 32.2. The van der Waals surface area contributed by atoms with Gasteiger partial charge in [-0.25, -0.2) is 0 Å². The van der Waals surface area contributed by atoms with Gasteiger partial charge in [-0.3, -0.25) is 0 Å². The highest BCUT2D eigenvalue weighted by Gasteiger charge is 2.18. The van der Waals surface area contributed by atoms with Gasteiger partial charge >= 0.3 is 0 Å². The Balaban J connectivity index is 1.52. The molecule has 0 aromatic heterocycles. The van der Waals surface area contributed by atoms with Gasteiger partial charge in [-0.2, -0.15) is 0 Å². The van der Waals surface area contributed by atoms with Crippen molar-refractivity contribution in [1.82, 2.24) is 0 Å². The van der Waals surface area contributed by atoms with Crippen LogP contribution in [0, 0.1) is 0 Å². The molecule has 10 rings (SSSR count). The third-order valence-electron chi connectivity index (χ3n) is 8.00. The highest BCUT2D eigenvalue weighted by molar-refractivity contribution is 6.22.